The molecule has 5 atom stereocenters. The number of carbonyl (C=O) groups excluding carboxylic acids is 1. The van der Waals surface area contributed by atoms with Crippen molar-refractivity contribution in [1.82, 2.24) is 4.72 Å². The summed E-state index contributed by atoms with van der Waals surface area (Å²) in [4.78, 5) is 13.3. The second-order valence-electron chi connectivity index (χ2n) is 11.3. The first-order chi connectivity index (χ1) is 18.5. The number of phenols is 1. The van der Waals surface area contributed by atoms with E-state index in [-0.39, 0.29) is 49.8 Å². The van der Waals surface area contributed by atoms with Crippen molar-refractivity contribution in [2.45, 2.75) is 58.9 Å². The molecule has 39 heavy (non-hydrogen) atoms. The largest absolute Gasteiger partial charge is 0.508 e. The van der Waals surface area contributed by atoms with Gasteiger partial charge in [0.25, 0.3) is 0 Å². The average Bonchev–Trinajstić information content (AvgIpc) is 3.52. The quantitative estimate of drug-likeness (QED) is 0.424. The SMILES string of the molecule is C[C@]12CC[C@@H]3c4ccc(O)cc4CC[C@H]3[C@@H]1[C@@H](CNS(=O)(=O)c1cc(S(=O)(=O)c3ccccc3)cs1)CC2=O. The second kappa shape index (κ2) is 9.54. The van der Waals surface area contributed by atoms with Crippen LogP contribution >= 0.6 is 11.3 Å². The lowest BCUT2D eigenvalue weighted by molar-refractivity contribution is -0.129. The summed E-state index contributed by atoms with van der Waals surface area (Å²) in [6.07, 6.45) is 3.76. The Hall–Kier alpha value is -2.53. The molecule has 3 aliphatic carbocycles. The molecular formula is C29H31NO6S3. The van der Waals surface area contributed by atoms with E-state index < -0.39 is 25.3 Å². The standard InChI is InChI=1S/C29H31NO6S3/c1-29-12-11-24-23-10-8-20(31)13-18(23)7-9-25(24)28(29)19(14-26(29)32)16-30-39(35,36)27-15-22(17-37-27)38(33,34)21-5-3-2-4-6-21/h2-6,8,10,13,15,17,19,24-25,28,30-31H,7,9,11-12,14,16H2,1H3/t19-,24-,25-,28+,29-/m1/s1. The fourth-order valence-corrected chi connectivity index (χ4v) is 11.5. The molecule has 7 nitrogen and oxygen atoms in total. The molecule has 0 aliphatic heterocycles. The predicted octanol–water partition coefficient (Wildman–Crippen LogP) is 4.92. The highest BCUT2D eigenvalue weighted by Gasteiger charge is 2.58. The maximum Gasteiger partial charge on any atom is 0.250 e. The lowest BCUT2D eigenvalue weighted by Gasteiger charge is -2.49. The lowest BCUT2D eigenvalue weighted by Crippen LogP contribution is -2.45. The number of fused-ring (bicyclic) bond motifs is 5. The van der Waals surface area contributed by atoms with Crippen LogP contribution in [0.15, 0.2) is 74.0 Å². The number of ketones is 1. The molecule has 3 aliphatic rings. The van der Waals surface area contributed by atoms with Crippen molar-refractivity contribution >= 4 is 37.0 Å². The number of hydrogen-bond donors (Lipinski definition) is 2. The lowest BCUT2D eigenvalue weighted by atomic mass is 9.54. The number of sulfonamides is 1. The van der Waals surface area contributed by atoms with Crippen molar-refractivity contribution in [2.24, 2.45) is 23.2 Å². The van der Waals surface area contributed by atoms with E-state index in [1.807, 2.05) is 12.1 Å². The minimum Gasteiger partial charge on any atom is -0.508 e. The van der Waals surface area contributed by atoms with Gasteiger partial charge in [-0.2, -0.15) is 0 Å². The zero-order valence-electron chi connectivity index (χ0n) is 21.5. The van der Waals surface area contributed by atoms with Crippen molar-refractivity contribution in [1.29, 1.82) is 0 Å². The molecule has 0 bridgehead atoms. The topological polar surface area (TPSA) is 118 Å². The van der Waals surface area contributed by atoms with Crippen LogP contribution in [0.1, 0.15) is 49.7 Å². The summed E-state index contributed by atoms with van der Waals surface area (Å²) < 4.78 is 55.1. The molecule has 1 heterocycles. The minimum atomic E-state index is -3.96. The van der Waals surface area contributed by atoms with E-state index in [1.54, 1.807) is 24.3 Å². The van der Waals surface area contributed by atoms with Crippen LogP contribution < -0.4 is 4.72 Å². The number of hydrogen-bond acceptors (Lipinski definition) is 7. The number of phenolic OH excluding ortho intramolecular Hbond substituents is 1. The number of rotatable bonds is 6. The molecule has 206 valence electrons. The number of aromatic hydroxyl groups is 1. The Morgan fingerprint density at radius 1 is 1.03 bits per heavy atom. The molecule has 0 radical (unpaired) electrons. The average molecular weight is 586 g/mol. The summed E-state index contributed by atoms with van der Waals surface area (Å²) >= 11 is 0.878. The number of sulfone groups is 1. The van der Waals surface area contributed by atoms with E-state index in [9.17, 15) is 26.7 Å². The van der Waals surface area contributed by atoms with Crippen LogP contribution in [0.2, 0.25) is 0 Å². The van der Waals surface area contributed by atoms with Gasteiger partial charge in [0.15, 0.2) is 0 Å². The Morgan fingerprint density at radius 3 is 2.56 bits per heavy atom. The molecule has 2 saturated carbocycles. The highest BCUT2D eigenvalue weighted by atomic mass is 32.2. The van der Waals surface area contributed by atoms with E-state index in [4.69, 9.17) is 0 Å². The van der Waals surface area contributed by atoms with Gasteiger partial charge in [-0.15, -0.1) is 11.3 Å². The van der Waals surface area contributed by atoms with Gasteiger partial charge >= 0.3 is 0 Å². The first-order valence-corrected chi connectivity index (χ1v) is 17.1. The molecule has 2 N–H and O–H groups in total. The zero-order valence-corrected chi connectivity index (χ0v) is 24.0. The Labute approximate surface area is 233 Å². The third kappa shape index (κ3) is 4.45. The number of aryl methyl sites for hydroxylation is 1. The van der Waals surface area contributed by atoms with Crippen LogP contribution in [0, 0.1) is 23.2 Å². The summed E-state index contributed by atoms with van der Waals surface area (Å²) in [5.74, 6) is 0.969. The maximum atomic E-state index is 13.3. The number of nitrogens with one attached hydrogen (secondary N) is 1. The van der Waals surface area contributed by atoms with E-state index in [0.29, 0.717) is 12.3 Å². The van der Waals surface area contributed by atoms with Gasteiger partial charge in [0.1, 0.15) is 15.7 Å². The summed E-state index contributed by atoms with van der Waals surface area (Å²) in [5, 5.41) is 11.3. The highest BCUT2D eigenvalue weighted by Crippen LogP contribution is 2.61. The molecule has 0 spiro atoms. The number of carbonyl (C=O) groups is 1. The molecule has 10 heteroatoms. The van der Waals surface area contributed by atoms with Crippen LogP contribution in [-0.2, 0) is 31.1 Å². The molecule has 0 amide bonds. The van der Waals surface area contributed by atoms with Crippen LogP contribution in [0.3, 0.4) is 0 Å². The van der Waals surface area contributed by atoms with E-state index in [1.165, 1.54) is 34.7 Å². The summed E-state index contributed by atoms with van der Waals surface area (Å²) in [5.41, 5.74) is 1.95. The van der Waals surface area contributed by atoms with Gasteiger partial charge < -0.3 is 5.11 Å². The van der Waals surface area contributed by atoms with Crippen molar-refractivity contribution in [3.63, 3.8) is 0 Å². The Bertz CT molecular complexity index is 1650. The van der Waals surface area contributed by atoms with E-state index >= 15 is 0 Å². The first kappa shape index (κ1) is 26.7. The van der Waals surface area contributed by atoms with E-state index in [2.05, 4.69) is 11.6 Å². The minimum absolute atomic E-state index is 0.0512. The zero-order chi connectivity index (χ0) is 27.6. The molecule has 2 aromatic carbocycles. The van der Waals surface area contributed by atoms with Gasteiger partial charge in [-0.3, -0.25) is 4.79 Å². The molecule has 0 saturated heterocycles. The third-order valence-electron chi connectivity index (χ3n) is 9.27. The maximum absolute atomic E-state index is 13.3. The highest BCUT2D eigenvalue weighted by molar-refractivity contribution is 7.93. The predicted molar refractivity (Wildman–Crippen MR) is 148 cm³/mol. The molecule has 3 aromatic rings. The van der Waals surface area contributed by atoms with Crippen LogP contribution in [0.5, 0.6) is 5.75 Å². The molecule has 0 unspecified atom stereocenters. The van der Waals surface area contributed by atoms with Crippen molar-refractivity contribution in [3.05, 3.63) is 71.1 Å². The fourth-order valence-electron chi connectivity index (χ4n) is 7.42. The van der Waals surface area contributed by atoms with Crippen LogP contribution in [0.25, 0.3) is 0 Å². The van der Waals surface area contributed by atoms with Gasteiger partial charge in [-0.25, -0.2) is 21.6 Å². The fraction of sp³-hybridized carbons (Fsp3) is 0.414. The second-order valence-corrected chi connectivity index (χ2v) is 16.2. The molecular weight excluding hydrogens is 555 g/mol. The normalized spacial score (nSPS) is 28.5. The van der Waals surface area contributed by atoms with Gasteiger partial charge in [-0.05, 0) is 90.8 Å². The first-order valence-electron chi connectivity index (χ1n) is 13.2. The summed E-state index contributed by atoms with van der Waals surface area (Å²) in [6, 6.07) is 14.7. The Balaban J connectivity index is 1.23. The van der Waals surface area contributed by atoms with Crippen molar-refractivity contribution in [3.8, 4) is 5.75 Å². The Kier molecular flexibility index (Phi) is 6.53. The van der Waals surface area contributed by atoms with Gasteiger partial charge in [0, 0.05) is 23.8 Å². The van der Waals surface area contributed by atoms with Crippen molar-refractivity contribution < 1.29 is 26.7 Å². The molecule has 6 rings (SSSR count). The number of benzene rings is 2. The number of thiophene rings is 1. The van der Waals surface area contributed by atoms with E-state index in [0.717, 1.165) is 37.0 Å². The van der Waals surface area contributed by atoms with Gasteiger partial charge in [0.05, 0.1) is 9.79 Å². The molecule has 2 fully saturated rings. The monoisotopic (exact) mass is 585 g/mol. The molecule has 1 aromatic heterocycles. The van der Waals surface area contributed by atoms with Gasteiger partial charge in [0.2, 0.25) is 19.9 Å². The number of Topliss-reactive ketones (excluding diaryl/α,β-unsaturated/α-hetero) is 1. The van der Waals surface area contributed by atoms with Crippen LogP contribution in [0.4, 0.5) is 0 Å². The Morgan fingerprint density at radius 2 is 1.79 bits per heavy atom. The summed E-state index contributed by atoms with van der Waals surface area (Å²) in [7, 11) is -7.79. The van der Waals surface area contributed by atoms with Crippen LogP contribution in [-0.4, -0.2) is 34.3 Å². The van der Waals surface area contributed by atoms with Crippen molar-refractivity contribution in [2.75, 3.05) is 6.54 Å². The smallest absolute Gasteiger partial charge is 0.250 e. The van der Waals surface area contributed by atoms with Gasteiger partial charge in [-0.1, -0.05) is 31.2 Å². The summed E-state index contributed by atoms with van der Waals surface area (Å²) in [6.45, 7) is 2.19. The third-order valence-corrected chi connectivity index (χ3v) is 14.0.